The maximum absolute atomic E-state index is 14.6. The van der Waals surface area contributed by atoms with E-state index in [0.29, 0.717) is 12.8 Å². The van der Waals surface area contributed by atoms with E-state index in [1.54, 1.807) is 13.8 Å². The van der Waals surface area contributed by atoms with Crippen molar-refractivity contribution < 1.29 is 45.1 Å². The van der Waals surface area contributed by atoms with Crippen molar-refractivity contribution in [3.05, 3.63) is 63.1 Å². The van der Waals surface area contributed by atoms with Crippen LogP contribution in [0.2, 0.25) is 15.2 Å². The average molecular weight is 676 g/mol. The van der Waals surface area contributed by atoms with Gasteiger partial charge in [-0.05, 0) is 44.9 Å². The van der Waals surface area contributed by atoms with Crippen LogP contribution >= 0.6 is 34.8 Å². The summed E-state index contributed by atoms with van der Waals surface area (Å²) in [7, 11) is 0. The highest BCUT2D eigenvalue weighted by molar-refractivity contribution is 6.38. The van der Waals surface area contributed by atoms with Crippen molar-refractivity contribution in [2.75, 3.05) is 6.54 Å². The molecule has 0 N–H and O–H groups in total. The largest absolute Gasteiger partial charge is 0.462 e. The molecule has 0 radical (unpaired) electrons. The molecule has 17 heteroatoms. The number of carbonyl (C=O) groups excluding carboxylic acids is 2. The Hall–Kier alpha value is -3.10. The third-order valence-corrected chi connectivity index (χ3v) is 7.20. The second kappa shape index (κ2) is 11.8. The zero-order valence-electron chi connectivity index (χ0n) is 22.0. The van der Waals surface area contributed by atoms with Crippen LogP contribution in [0.25, 0.3) is 16.8 Å². The molecule has 2 heterocycles. The van der Waals surface area contributed by atoms with Crippen LogP contribution < -0.4 is 0 Å². The number of ether oxygens (including phenoxy) is 1. The molecule has 1 aromatic carbocycles. The number of alkyl halides is 7. The maximum atomic E-state index is 14.6. The van der Waals surface area contributed by atoms with Crippen LogP contribution in [0.3, 0.4) is 0 Å². The zero-order chi connectivity index (χ0) is 32.1. The highest BCUT2D eigenvalue weighted by Gasteiger charge is 2.73. The number of carbonyl (C=O) groups is 2. The van der Waals surface area contributed by atoms with Gasteiger partial charge in [0.15, 0.2) is 0 Å². The van der Waals surface area contributed by atoms with Gasteiger partial charge in [0.1, 0.15) is 17.4 Å². The van der Waals surface area contributed by atoms with Gasteiger partial charge in [-0.15, -0.1) is 0 Å². The summed E-state index contributed by atoms with van der Waals surface area (Å²) in [4.78, 5) is 31.0. The lowest BCUT2D eigenvalue weighted by molar-refractivity contribution is -0.348. The number of aromatic nitrogens is 3. The van der Waals surface area contributed by atoms with Gasteiger partial charge in [-0.25, -0.2) is 14.1 Å². The number of halogens is 10. The molecule has 1 aliphatic rings. The molecular formula is C26H20Cl3F7N4O3. The standard InChI is InChI=1S/C26H20Cl3F7N4O3/c1-12(2)43-20(41)11-39(16-3-4-16)23(42)17-5-13(8-37-22(17)29)14-9-38-40(10-14)21-18(27)6-15(7-19(21)28)24(30,25(31,32)33)26(34,35)36/h5-10,12,16H,3-4,11H2,1-2H3. The van der Waals surface area contributed by atoms with Gasteiger partial charge in [0, 0.05) is 35.1 Å². The van der Waals surface area contributed by atoms with E-state index in [4.69, 9.17) is 39.5 Å². The number of amides is 1. The third kappa shape index (κ3) is 6.55. The predicted octanol–water partition coefficient (Wildman–Crippen LogP) is 7.74. The van der Waals surface area contributed by atoms with E-state index >= 15 is 0 Å². The first-order chi connectivity index (χ1) is 19.8. The van der Waals surface area contributed by atoms with Crippen LogP contribution in [-0.2, 0) is 15.2 Å². The van der Waals surface area contributed by atoms with E-state index in [9.17, 15) is 40.3 Å². The lowest BCUT2D eigenvalue weighted by atomic mass is 9.94. The van der Waals surface area contributed by atoms with Crippen LogP contribution in [0.5, 0.6) is 0 Å². The average Bonchev–Trinajstić information content (AvgIpc) is 3.61. The van der Waals surface area contributed by atoms with Crippen molar-refractivity contribution in [1.29, 1.82) is 0 Å². The lowest BCUT2D eigenvalue weighted by Crippen LogP contribution is -2.50. The Morgan fingerprint density at radius 3 is 2.07 bits per heavy atom. The number of hydrogen-bond donors (Lipinski definition) is 0. The Balaban J connectivity index is 1.67. The molecule has 1 fully saturated rings. The molecule has 1 aliphatic carbocycles. The van der Waals surface area contributed by atoms with Gasteiger partial charge in [-0.3, -0.25) is 9.59 Å². The van der Waals surface area contributed by atoms with E-state index < -0.39 is 45.5 Å². The van der Waals surface area contributed by atoms with Gasteiger partial charge in [0.25, 0.3) is 5.91 Å². The summed E-state index contributed by atoms with van der Waals surface area (Å²) in [5, 5.41) is 2.33. The van der Waals surface area contributed by atoms with E-state index in [1.165, 1.54) is 29.6 Å². The first-order valence-corrected chi connectivity index (χ1v) is 13.5. The molecule has 0 spiro atoms. The smallest absolute Gasteiger partial charge is 0.435 e. The lowest BCUT2D eigenvalue weighted by Gasteiger charge is -2.30. The molecule has 3 aromatic rings. The maximum Gasteiger partial charge on any atom is 0.435 e. The summed E-state index contributed by atoms with van der Waals surface area (Å²) < 4.78 is 100. The summed E-state index contributed by atoms with van der Waals surface area (Å²) in [6.07, 6.45) is -8.00. The van der Waals surface area contributed by atoms with Crippen molar-refractivity contribution in [3.8, 4) is 16.8 Å². The molecule has 1 amide bonds. The van der Waals surface area contributed by atoms with Gasteiger partial charge in [0.05, 0.1) is 27.9 Å². The van der Waals surface area contributed by atoms with Crippen molar-refractivity contribution >= 4 is 46.7 Å². The molecule has 1 saturated carbocycles. The minimum atomic E-state index is -6.36. The monoisotopic (exact) mass is 674 g/mol. The molecular weight excluding hydrogens is 656 g/mol. The SMILES string of the molecule is CC(C)OC(=O)CN(C(=O)c1cc(-c2cnn(-c3c(Cl)cc(C(F)(C(F)(F)F)C(F)(F)F)cc3Cl)c2)cnc1Cl)C1CC1. The summed E-state index contributed by atoms with van der Waals surface area (Å²) in [6, 6.07) is 1.52. The van der Waals surface area contributed by atoms with Crippen molar-refractivity contribution in [1.82, 2.24) is 19.7 Å². The third-order valence-electron chi connectivity index (χ3n) is 6.33. The van der Waals surface area contributed by atoms with Gasteiger partial charge in [-0.2, -0.15) is 31.4 Å². The van der Waals surface area contributed by atoms with E-state index in [0.717, 1.165) is 4.68 Å². The molecule has 0 saturated heterocycles. The first-order valence-electron chi connectivity index (χ1n) is 12.4. The van der Waals surface area contributed by atoms with Crippen LogP contribution in [0, 0.1) is 0 Å². The highest BCUT2D eigenvalue weighted by atomic mass is 35.5. The van der Waals surface area contributed by atoms with Crippen molar-refractivity contribution in [2.45, 2.75) is 56.9 Å². The Morgan fingerprint density at radius 1 is 0.977 bits per heavy atom. The number of esters is 1. The van der Waals surface area contributed by atoms with Crippen LogP contribution in [0.1, 0.15) is 42.6 Å². The molecule has 0 bridgehead atoms. The quantitative estimate of drug-likeness (QED) is 0.139. The van der Waals surface area contributed by atoms with Gasteiger partial charge < -0.3 is 9.64 Å². The number of nitrogens with zero attached hydrogens (tertiary/aromatic N) is 4. The van der Waals surface area contributed by atoms with Crippen LogP contribution in [-0.4, -0.2) is 62.6 Å². The van der Waals surface area contributed by atoms with E-state index in [2.05, 4.69) is 10.1 Å². The highest BCUT2D eigenvalue weighted by Crippen LogP contribution is 2.54. The Morgan fingerprint density at radius 2 is 1.56 bits per heavy atom. The molecule has 0 aliphatic heterocycles. The molecule has 0 atom stereocenters. The molecule has 7 nitrogen and oxygen atoms in total. The molecule has 0 unspecified atom stereocenters. The number of pyridine rings is 1. The second-order valence-corrected chi connectivity index (χ2v) is 11.1. The zero-order valence-corrected chi connectivity index (χ0v) is 24.3. The number of benzene rings is 1. The van der Waals surface area contributed by atoms with Gasteiger partial charge in [0.2, 0.25) is 0 Å². The molecule has 2 aromatic heterocycles. The minimum absolute atomic E-state index is 0.0461. The first kappa shape index (κ1) is 32.8. The minimum Gasteiger partial charge on any atom is -0.462 e. The summed E-state index contributed by atoms with van der Waals surface area (Å²) in [5.41, 5.74) is -7.45. The van der Waals surface area contributed by atoms with E-state index in [-0.39, 0.29) is 58.4 Å². The summed E-state index contributed by atoms with van der Waals surface area (Å²) in [6.45, 7) is 3.02. The Bertz CT molecular complexity index is 1520. The number of hydrogen-bond acceptors (Lipinski definition) is 5. The van der Waals surface area contributed by atoms with Crippen molar-refractivity contribution in [3.63, 3.8) is 0 Å². The molecule has 4 rings (SSSR count). The predicted molar refractivity (Wildman–Crippen MR) is 142 cm³/mol. The normalized spacial score (nSPS) is 14.3. The topological polar surface area (TPSA) is 77.3 Å². The van der Waals surface area contributed by atoms with Gasteiger partial charge in [-0.1, -0.05) is 34.8 Å². The fourth-order valence-corrected chi connectivity index (χ4v) is 5.01. The second-order valence-electron chi connectivity index (χ2n) is 9.88. The van der Waals surface area contributed by atoms with Crippen molar-refractivity contribution in [2.24, 2.45) is 0 Å². The van der Waals surface area contributed by atoms with Gasteiger partial charge >= 0.3 is 24.0 Å². The summed E-state index contributed by atoms with van der Waals surface area (Å²) >= 11 is 18.2. The Kier molecular flexibility index (Phi) is 8.98. The number of rotatable bonds is 8. The van der Waals surface area contributed by atoms with Crippen LogP contribution in [0.4, 0.5) is 30.7 Å². The summed E-state index contributed by atoms with van der Waals surface area (Å²) in [5.74, 6) is -1.19. The molecule has 232 valence electrons. The van der Waals surface area contributed by atoms with E-state index in [1.807, 2.05) is 0 Å². The molecule has 43 heavy (non-hydrogen) atoms. The fraction of sp³-hybridized carbons (Fsp3) is 0.385. The van der Waals surface area contributed by atoms with Crippen LogP contribution in [0.15, 0.2) is 36.8 Å². The Labute approximate surface area is 254 Å². The fourth-order valence-electron chi connectivity index (χ4n) is 4.17.